The summed E-state index contributed by atoms with van der Waals surface area (Å²) in [4.78, 5) is 8.94. The lowest BCUT2D eigenvalue weighted by Crippen LogP contribution is -2.39. The van der Waals surface area contributed by atoms with Crippen LogP contribution in [0.25, 0.3) is 0 Å². The van der Waals surface area contributed by atoms with E-state index in [0.717, 1.165) is 45.7 Å². The van der Waals surface area contributed by atoms with Gasteiger partial charge in [-0.05, 0) is 45.6 Å². The maximum Gasteiger partial charge on any atom is 0.573 e. The molecule has 0 amide bonds. The van der Waals surface area contributed by atoms with Gasteiger partial charge in [-0.3, -0.25) is 4.99 Å². The Kier molecular flexibility index (Phi) is 11.7. The largest absolute Gasteiger partial charge is 0.573 e. The van der Waals surface area contributed by atoms with Gasteiger partial charge in [0.25, 0.3) is 0 Å². The van der Waals surface area contributed by atoms with Crippen molar-refractivity contribution < 1.29 is 17.9 Å². The van der Waals surface area contributed by atoms with Gasteiger partial charge in [-0.15, -0.1) is 37.1 Å². The molecule has 2 N–H and O–H groups in total. The van der Waals surface area contributed by atoms with Gasteiger partial charge in [-0.25, -0.2) is 0 Å². The number of benzene rings is 1. The molecule has 0 saturated carbocycles. The fourth-order valence-electron chi connectivity index (χ4n) is 3.11. The zero-order chi connectivity index (χ0) is 20.4. The third kappa shape index (κ3) is 10.4. The molecule has 0 radical (unpaired) electrons. The van der Waals surface area contributed by atoms with Crippen molar-refractivity contribution in [2.24, 2.45) is 4.99 Å². The van der Waals surface area contributed by atoms with Crippen LogP contribution in [0.4, 0.5) is 13.2 Å². The van der Waals surface area contributed by atoms with Crippen LogP contribution in [0, 0.1) is 0 Å². The van der Waals surface area contributed by atoms with Crippen molar-refractivity contribution in [3.8, 4) is 5.75 Å². The first-order valence-corrected chi connectivity index (χ1v) is 9.56. The number of rotatable bonds is 7. The highest BCUT2D eigenvalue weighted by molar-refractivity contribution is 14.0. The summed E-state index contributed by atoms with van der Waals surface area (Å²) in [6.07, 6.45) is -2.55. The molecular formula is C19H31F3IN5O. The van der Waals surface area contributed by atoms with Gasteiger partial charge >= 0.3 is 6.36 Å². The van der Waals surface area contributed by atoms with E-state index in [1.54, 1.807) is 19.2 Å². The highest BCUT2D eigenvalue weighted by Crippen LogP contribution is 2.25. The molecule has 1 saturated heterocycles. The maximum absolute atomic E-state index is 12.5. The molecule has 1 fully saturated rings. The first-order valence-electron chi connectivity index (χ1n) is 9.56. The number of likely N-dealkylation sites (N-methyl/N-ethyl adjacent to an activating group) is 1. The second-order valence-electron chi connectivity index (χ2n) is 6.86. The predicted molar refractivity (Wildman–Crippen MR) is 120 cm³/mol. The number of ether oxygens (including phenoxy) is 1. The summed E-state index contributed by atoms with van der Waals surface area (Å²) in [6, 6.07) is 6.09. The standard InChI is InChI=1S/C19H30F3N5O.HI/c1-23-18(24-9-5-11-27-12-6-10-26(2)13-14-27)25-15-16-7-3-4-8-17(16)28-19(20,21)22;/h3-4,7-8H,5-6,9-15H2,1-2H3,(H2,23,24,25);1H. The van der Waals surface area contributed by atoms with E-state index >= 15 is 0 Å². The lowest BCUT2D eigenvalue weighted by molar-refractivity contribution is -0.274. The van der Waals surface area contributed by atoms with Crippen molar-refractivity contribution in [2.75, 3.05) is 53.4 Å². The highest BCUT2D eigenvalue weighted by Gasteiger charge is 2.31. The lowest BCUT2D eigenvalue weighted by atomic mass is 10.2. The second-order valence-corrected chi connectivity index (χ2v) is 6.86. The van der Waals surface area contributed by atoms with Crippen molar-refractivity contribution in [2.45, 2.75) is 25.7 Å². The quantitative estimate of drug-likeness (QED) is 0.246. The Hall–Kier alpha value is -1.27. The van der Waals surface area contributed by atoms with E-state index in [1.807, 2.05) is 0 Å². The predicted octanol–water partition coefficient (Wildman–Crippen LogP) is 2.90. The molecule has 0 bridgehead atoms. The fourth-order valence-corrected chi connectivity index (χ4v) is 3.11. The van der Waals surface area contributed by atoms with Crippen LogP contribution in [0.2, 0.25) is 0 Å². The van der Waals surface area contributed by atoms with Gasteiger partial charge in [-0.2, -0.15) is 0 Å². The van der Waals surface area contributed by atoms with Gasteiger partial charge in [0.05, 0.1) is 0 Å². The normalized spacial score (nSPS) is 16.7. The molecule has 10 heteroatoms. The van der Waals surface area contributed by atoms with E-state index in [0.29, 0.717) is 11.5 Å². The minimum atomic E-state index is -4.71. The number of nitrogens with one attached hydrogen (secondary N) is 2. The molecular weight excluding hydrogens is 498 g/mol. The highest BCUT2D eigenvalue weighted by atomic mass is 127. The van der Waals surface area contributed by atoms with Crippen molar-refractivity contribution in [3.05, 3.63) is 29.8 Å². The Balaban J connectivity index is 0.00000420. The molecule has 0 spiro atoms. The second kappa shape index (κ2) is 13.1. The Morgan fingerprint density at radius 3 is 2.62 bits per heavy atom. The van der Waals surface area contributed by atoms with Crippen molar-refractivity contribution in [1.29, 1.82) is 0 Å². The van der Waals surface area contributed by atoms with E-state index in [2.05, 4.69) is 37.2 Å². The molecule has 1 aromatic rings. The van der Waals surface area contributed by atoms with E-state index < -0.39 is 6.36 Å². The van der Waals surface area contributed by atoms with E-state index in [4.69, 9.17) is 0 Å². The average Bonchev–Trinajstić information content (AvgIpc) is 2.85. The zero-order valence-corrected chi connectivity index (χ0v) is 19.3. The molecule has 1 heterocycles. The monoisotopic (exact) mass is 529 g/mol. The summed E-state index contributed by atoms with van der Waals surface area (Å²) in [5.74, 6) is 0.349. The molecule has 0 unspecified atom stereocenters. The molecule has 0 aromatic heterocycles. The van der Waals surface area contributed by atoms with Gasteiger partial charge in [-0.1, -0.05) is 18.2 Å². The first kappa shape index (κ1) is 25.8. The van der Waals surface area contributed by atoms with E-state index in [9.17, 15) is 13.2 Å². The molecule has 29 heavy (non-hydrogen) atoms. The SMILES string of the molecule is CN=C(NCCCN1CCCN(C)CC1)NCc1ccccc1OC(F)(F)F.I. The Labute approximate surface area is 187 Å². The van der Waals surface area contributed by atoms with Crippen LogP contribution in [0.5, 0.6) is 5.75 Å². The number of hydrogen-bond acceptors (Lipinski definition) is 4. The lowest BCUT2D eigenvalue weighted by Gasteiger charge is -2.20. The summed E-state index contributed by atoms with van der Waals surface area (Å²) in [7, 11) is 3.79. The molecule has 166 valence electrons. The van der Waals surface area contributed by atoms with Crippen molar-refractivity contribution >= 4 is 29.9 Å². The third-order valence-electron chi connectivity index (χ3n) is 4.62. The number of aliphatic imine (C=N–C) groups is 1. The maximum atomic E-state index is 12.5. The van der Waals surface area contributed by atoms with Crippen LogP contribution in [0.3, 0.4) is 0 Å². The number of para-hydroxylation sites is 1. The summed E-state index contributed by atoms with van der Waals surface area (Å²) in [5, 5.41) is 6.25. The average molecular weight is 529 g/mol. The third-order valence-corrected chi connectivity index (χ3v) is 4.62. The van der Waals surface area contributed by atoms with Gasteiger partial charge in [0, 0.05) is 38.8 Å². The zero-order valence-electron chi connectivity index (χ0n) is 17.0. The number of alkyl halides is 3. The molecule has 0 aliphatic carbocycles. The number of nitrogens with zero attached hydrogens (tertiary/aromatic N) is 3. The Morgan fingerprint density at radius 2 is 1.90 bits per heavy atom. The molecule has 0 atom stereocenters. The van der Waals surface area contributed by atoms with Crippen LogP contribution in [0.1, 0.15) is 18.4 Å². The summed E-state index contributed by atoms with van der Waals surface area (Å²) in [5.41, 5.74) is 0.413. The number of halogens is 4. The number of guanidine groups is 1. The van der Waals surface area contributed by atoms with Gasteiger partial charge in [0.15, 0.2) is 5.96 Å². The fraction of sp³-hybridized carbons (Fsp3) is 0.632. The minimum absolute atomic E-state index is 0. The Bertz CT molecular complexity index is 630. The van der Waals surface area contributed by atoms with Crippen LogP contribution in [-0.2, 0) is 6.54 Å². The summed E-state index contributed by atoms with van der Waals surface area (Å²) in [6.45, 7) is 6.38. The molecule has 6 nitrogen and oxygen atoms in total. The van der Waals surface area contributed by atoms with Crippen LogP contribution < -0.4 is 15.4 Å². The number of hydrogen-bond donors (Lipinski definition) is 2. The smallest absolute Gasteiger partial charge is 0.405 e. The van der Waals surface area contributed by atoms with Crippen molar-refractivity contribution in [3.63, 3.8) is 0 Å². The first-order chi connectivity index (χ1) is 13.4. The van der Waals surface area contributed by atoms with E-state index in [-0.39, 0.29) is 36.3 Å². The summed E-state index contributed by atoms with van der Waals surface area (Å²) >= 11 is 0. The van der Waals surface area contributed by atoms with Gasteiger partial charge < -0.3 is 25.2 Å². The van der Waals surface area contributed by atoms with Gasteiger partial charge in [0.2, 0.25) is 0 Å². The van der Waals surface area contributed by atoms with Gasteiger partial charge in [0.1, 0.15) is 5.75 Å². The van der Waals surface area contributed by atoms with Crippen LogP contribution in [-0.4, -0.2) is 75.5 Å². The van der Waals surface area contributed by atoms with Crippen LogP contribution >= 0.6 is 24.0 Å². The molecule has 2 rings (SSSR count). The summed E-state index contributed by atoms with van der Waals surface area (Å²) < 4.78 is 41.6. The topological polar surface area (TPSA) is 52.1 Å². The molecule has 1 aliphatic heterocycles. The minimum Gasteiger partial charge on any atom is -0.405 e. The van der Waals surface area contributed by atoms with Crippen molar-refractivity contribution in [1.82, 2.24) is 20.4 Å². The van der Waals surface area contributed by atoms with E-state index in [1.165, 1.54) is 18.6 Å². The molecule has 1 aromatic carbocycles. The van der Waals surface area contributed by atoms with Crippen LogP contribution in [0.15, 0.2) is 29.3 Å². The Morgan fingerprint density at radius 1 is 1.14 bits per heavy atom. The molecule has 1 aliphatic rings.